The van der Waals surface area contributed by atoms with Gasteiger partial charge in [0.15, 0.2) is 0 Å². The summed E-state index contributed by atoms with van der Waals surface area (Å²) in [5.41, 5.74) is 2.75. The topological polar surface area (TPSA) is 42.0 Å². The van der Waals surface area contributed by atoms with Crippen molar-refractivity contribution in [3.05, 3.63) is 71.4 Å². The molecule has 0 saturated carbocycles. The maximum atomic E-state index is 12.3. The number of pyridine rings is 1. The summed E-state index contributed by atoms with van der Waals surface area (Å²) in [7, 11) is 0. The molecule has 1 N–H and O–H groups in total. The van der Waals surface area contributed by atoms with Gasteiger partial charge in [-0.3, -0.25) is 9.78 Å². The fourth-order valence-electron chi connectivity index (χ4n) is 2.21. The second kappa shape index (κ2) is 7.44. The van der Waals surface area contributed by atoms with Crippen LogP contribution in [-0.4, -0.2) is 17.1 Å². The van der Waals surface area contributed by atoms with Crippen molar-refractivity contribution in [3.63, 3.8) is 0 Å². The second-order valence-corrected chi connectivity index (χ2v) is 6.80. The molecule has 5 heteroatoms. The molecule has 0 aliphatic carbocycles. The standard InChI is InChI=1S/C18H16N2OS2/c1-22-16-5-2-4-14(9-16)18(21)20-11-13-8-15(12-19-10-13)17-6-3-7-23-17/h2-10,12H,11H2,1H3,(H,20,21). The zero-order chi connectivity index (χ0) is 16.1. The van der Waals surface area contributed by atoms with Crippen LogP contribution in [-0.2, 0) is 6.54 Å². The third-order valence-electron chi connectivity index (χ3n) is 3.39. The fraction of sp³-hybridized carbons (Fsp3) is 0.111. The van der Waals surface area contributed by atoms with E-state index in [9.17, 15) is 4.79 Å². The lowest BCUT2D eigenvalue weighted by Crippen LogP contribution is -2.22. The van der Waals surface area contributed by atoms with Crippen LogP contribution in [0, 0.1) is 0 Å². The fourth-order valence-corrected chi connectivity index (χ4v) is 3.38. The van der Waals surface area contributed by atoms with Gasteiger partial charge in [0.2, 0.25) is 0 Å². The third-order valence-corrected chi connectivity index (χ3v) is 5.03. The summed E-state index contributed by atoms with van der Waals surface area (Å²) in [6, 6.07) is 13.8. The smallest absolute Gasteiger partial charge is 0.251 e. The number of thioether (sulfide) groups is 1. The number of nitrogens with one attached hydrogen (secondary N) is 1. The maximum Gasteiger partial charge on any atom is 0.251 e. The third kappa shape index (κ3) is 4.00. The van der Waals surface area contributed by atoms with Crippen molar-refractivity contribution in [3.8, 4) is 10.4 Å². The first-order valence-electron chi connectivity index (χ1n) is 7.16. The number of aromatic nitrogens is 1. The first-order chi connectivity index (χ1) is 11.3. The summed E-state index contributed by atoms with van der Waals surface area (Å²) in [6.07, 6.45) is 5.63. The molecule has 1 aromatic carbocycles. The predicted octanol–water partition coefficient (Wildman–Crippen LogP) is 4.46. The highest BCUT2D eigenvalue weighted by Gasteiger charge is 2.07. The Hall–Kier alpha value is -2.11. The number of nitrogens with zero attached hydrogens (tertiary/aromatic N) is 1. The van der Waals surface area contributed by atoms with Gasteiger partial charge in [-0.15, -0.1) is 23.1 Å². The average Bonchev–Trinajstić information content (AvgIpc) is 3.14. The molecule has 0 atom stereocenters. The van der Waals surface area contributed by atoms with Crippen LogP contribution in [0.1, 0.15) is 15.9 Å². The summed E-state index contributed by atoms with van der Waals surface area (Å²) in [5.74, 6) is -0.0672. The lowest BCUT2D eigenvalue weighted by atomic mass is 10.1. The molecule has 0 bridgehead atoms. The Kier molecular flexibility index (Phi) is 5.10. The van der Waals surface area contributed by atoms with Gasteiger partial charge in [0.05, 0.1) is 0 Å². The lowest BCUT2D eigenvalue weighted by Gasteiger charge is -2.07. The molecule has 3 rings (SSSR count). The maximum absolute atomic E-state index is 12.3. The molecule has 0 aliphatic rings. The zero-order valence-electron chi connectivity index (χ0n) is 12.7. The van der Waals surface area contributed by atoms with Crippen molar-refractivity contribution >= 4 is 29.0 Å². The van der Waals surface area contributed by atoms with Gasteiger partial charge in [-0.1, -0.05) is 12.1 Å². The number of hydrogen-bond acceptors (Lipinski definition) is 4. The van der Waals surface area contributed by atoms with E-state index in [1.165, 1.54) is 4.88 Å². The van der Waals surface area contributed by atoms with Crippen LogP contribution in [0.5, 0.6) is 0 Å². The highest BCUT2D eigenvalue weighted by Crippen LogP contribution is 2.24. The predicted molar refractivity (Wildman–Crippen MR) is 96.9 cm³/mol. The Labute approximate surface area is 143 Å². The van der Waals surface area contributed by atoms with Gasteiger partial charge >= 0.3 is 0 Å². The quantitative estimate of drug-likeness (QED) is 0.697. The number of benzene rings is 1. The lowest BCUT2D eigenvalue weighted by molar-refractivity contribution is 0.0950. The van der Waals surface area contributed by atoms with Gasteiger partial charge in [-0.2, -0.15) is 0 Å². The minimum Gasteiger partial charge on any atom is -0.348 e. The van der Waals surface area contributed by atoms with Crippen LogP contribution < -0.4 is 5.32 Å². The molecule has 3 nitrogen and oxygen atoms in total. The largest absolute Gasteiger partial charge is 0.348 e. The van der Waals surface area contributed by atoms with Crippen LogP contribution in [0.25, 0.3) is 10.4 Å². The Morgan fingerprint density at radius 2 is 2.13 bits per heavy atom. The molecule has 116 valence electrons. The van der Waals surface area contributed by atoms with Gasteiger partial charge in [-0.05, 0) is 47.5 Å². The Morgan fingerprint density at radius 3 is 2.91 bits per heavy atom. The molecule has 0 unspecified atom stereocenters. The Bertz CT molecular complexity index is 800. The Morgan fingerprint density at radius 1 is 1.22 bits per heavy atom. The van der Waals surface area contributed by atoms with Crippen molar-refractivity contribution in [2.24, 2.45) is 0 Å². The van der Waals surface area contributed by atoms with Crippen LogP contribution in [0.2, 0.25) is 0 Å². The summed E-state index contributed by atoms with van der Waals surface area (Å²) in [5, 5.41) is 5.00. The normalized spacial score (nSPS) is 10.5. The molecule has 3 aromatic rings. The summed E-state index contributed by atoms with van der Waals surface area (Å²) in [6.45, 7) is 0.467. The molecular formula is C18H16N2OS2. The number of carbonyl (C=O) groups is 1. The minimum atomic E-state index is -0.0672. The monoisotopic (exact) mass is 340 g/mol. The first kappa shape index (κ1) is 15.8. The summed E-state index contributed by atoms with van der Waals surface area (Å²) in [4.78, 5) is 18.8. The summed E-state index contributed by atoms with van der Waals surface area (Å²) >= 11 is 3.31. The number of carbonyl (C=O) groups excluding carboxylic acids is 1. The molecule has 0 fully saturated rings. The van der Waals surface area contributed by atoms with E-state index in [4.69, 9.17) is 0 Å². The molecule has 0 saturated heterocycles. The SMILES string of the molecule is CSc1cccc(C(=O)NCc2cncc(-c3cccs3)c2)c1. The number of amides is 1. The molecule has 0 aliphatic heterocycles. The number of hydrogen-bond donors (Lipinski definition) is 1. The summed E-state index contributed by atoms with van der Waals surface area (Å²) < 4.78 is 0. The van der Waals surface area contributed by atoms with Crippen LogP contribution >= 0.6 is 23.1 Å². The van der Waals surface area contributed by atoms with E-state index in [1.54, 1.807) is 29.3 Å². The number of thiophene rings is 1. The van der Waals surface area contributed by atoms with Crippen molar-refractivity contribution in [1.82, 2.24) is 10.3 Å². The Balaban J connectivity index is 1.68. The molecule has 1 amide bonds. The zero-order valence-corrected chi connectivity index (χ0v) is 14.3. The van der Waals surface area contributed by atoms with Gasteiger partial charge in [0.1, 0.15) is 0 Å². The highest BCUT2D eigenvalue weighted by molar-refractivity contribution is 7.98. The second-order valence-electron chi connectivity index (χ2n) is 4.97. The average molecular weight is 340 g/mol. The minimum absolute atomic E-state index is 0.0672. The highest BCUT2D eigenvalue weighted by atomic mass is 32.2. The van der Waals surface area contributed by atoms with Crippen LogP contribution in [0.15, 0.2) is 65.1 Å². The molecule has 2 heterocycles. The van der Waals surface area contributed by atoms with E-state index in [2.05, 4.69) is 22.4 Å². The van der Waals surface area contributed by atoms with E-state index in [1.807, 2.05) is 48.2 Å². The van der Waals surface area contributed by atoms with Gasteiger partial charge < -0.3 is 5.32 Å². The van der Waals surface area contributed by atoms with Gasteiger partial charge in [0.25, 0.3) is 5.91 Å². The molecule has 0 radical (unpaired) electrons. The van der Waals surface area contributed by atoms with E-state index in [0.717, 1.165) is 16.0 Å². The van der Waals surface area contributed by atoms with Crippen molar-refractivity contribution in [2.75, 3.05) is 6.26 Å². The van der Waals surface area contributed by atoms with Gasteiger partial charge in [-0.25, -0.2) is 0 Å². The molecule has 2 aromatic heterocycles. The van der Waals surface area contributed by atoms with Crippen molar-refractivity contribution in [1.29, 1.82) is 0 Å². The van der Waals surface area contributed by atoms with Crippen LogP contribution in [0.3, 0.4) is 0 Å². The first-order valence-corrected chi connectivity index (χ1v) is 9.27. The number of rotatable bonds is 5. The van der Waals surface area contributed by atoms with E-state index >= 15 is 0 Å². The van der Waals surface area contributed by atoms with Crippen molar-refractivity contribution in [2.45, 2.75) is 11.4 Å². The van der Waals surface area contributed by atoms with Crippen molar-refractivity contribution < 1.29 is 4.79 Å². The van der Waals surface area contributed by atoms with E-state index in [0.29, 0.717) is 12.1 Å². The van der Waals surface area contributed by atoms with Crippen LogP contribution in [0.4, 0.5) is 0 Å². The molecule has 23 heavy (non-hydrogen) atoms. The van der Waals surface area contributed by atoms with Gasteiger partial charge in [0, 0.05) is 39.8 Å². The molecular weight excluding hydrogens is 324 g/mol. The van der Waals surface area contributed by atoms with E-state index < -0.39 is 0 Å². The van der Waals surface area contributed by atoms with E-state index in [-0.39, 0.29) is 5.91 Å². The molecule has 0 spiro atoms.